The molecule has 1 N–H and O–H groups in total. The lowest BCUT2D eigenvalue weighted by Crippen LogP contribution is -2.26. The van der Waals surface area contributed by atoms with Crippen molar-refractivity contribution >= 4 is 17.7 Å². The third-order valence-electron chi connectivity index (χ3n) is 3.22. The standard InChI is InChI=1S/C16H18FNOS/c17-15-10-4-1-6-13(15)7-5-11-18-16(19)12-20-14-8-2-3-9-14/h1,4,6,10,14H,2-3,8-9,11-12H2,(H,18,19). The van der Waals surface area contributed by atoms with E-state index in [9.17, 15) is 9.18 Å². The molecule has 0 spiro atoms. The zero-order chi connectivity index (χ0) is 14.2. The van der Waals surface area contributed by atoms with Crippen LogP contribution >= 0.6 is 11.8 Å². The molecule has 20 heavy (non-hydrogen) atoms. The van der Waals surface area contributed by atoms with Crippen LogP contribution in [-0.2, 0) is 4.79 Å². The van der Waals surface area contributed by atoms with E-state index in [-0.39, 0.29) is 18.3 Å². The Morgan fingerprint density at radius 1 is 1.35 bits per heavy atom. The van der Waals surface area contributed by atoms with Gasteiger partial charge in [0.25, 0.3) is 0 Å². The molecule has 1 saturated carbocycles. The van der Waals surface area contributed by atoms with Gasteiger partial charge in [-0.2, -0.15) is 0 Å². The molecule has 0 atom stereocenters. The van der Waals surface area contributed by atoms with Crippen LogP contribution in [0.1, 0.15) is 31.2 Å². The molecule has 1 aliphatic rings. The molecule has 0 aromatic heterocycles. The first-order valence-electron chi connectivity index (χ1n) is 6.87. The third kappa shape index (κ3) is 4.90. The Balaban J connectivity index is 1.68. The van der Waals surface area contributed by atoms with E-state index < -0.39 is 0 Å². The maximum Gasteiger partial charge on any atom is 0.230 e. The molecule has 0 saturated heterocycles. The molecule has 4 heteroatoms. The summed E-state index contributed by atoms with van der Waals surface area (Å²) in [6, 6.07) is 6.37. The normalized spacial score (nSPS) is 14.7. The molecule has 2 nitrogen and oxygen atoms in total. The average Bonchev–Trinajstić information content (AvgIpc) is 2.96. The summed E-state index contributed by atoms with van der Waals surface area (Å²) in [5.74, 6) is 5.66. The van der Waals surface area contributed by atoms with Crippen molar-refractivity contribution in [3.63, 3.8) is 0 Å². The van der Waals surface area contributed by atoms with Gasteiger partial charge in [-0.25, -0.2) is 4.39 Å². The Morgan fingerprint density at radius 2 is 2.10 bits per heavy atom. The number of benzene rings is 1. The second-order valence-corrected chi connectivity index (χ2v) is 6.06. The van der Waals surface area contributed by atoms with Gasteiger partial charge in [-0.15, -0.1) is 11.8 Å². The van der Waals surface area contributed by atoms with Crippen molar-refractivity contribution in [1.29, 1.82) is 0 Å². The Hall–Kier alpha value is -1.47. The number of hydrogen-bond acceptors (Lipinski definition) is 2. The minimum atomic E-state index is -0.330. The van der Waals surface area contributed by atoms with Gasteiger partial charge in [0, 0.05) is 5.25 Å². The summed E-state index contributed by atoms with van der Waals surface area (Å²) in [4.78, 5) is 11.6. The van der Waals surface area contributed by atoms with Gasteiger partial charge >= 0.3 is 0 Å². The topological polar surface area (TPSA) is 29.1 Å². The molecule has 1 amide bonds. The van der Waals surface area contributed by atoms with Crippen LogP contribution in [-0.4, -0.2) is 23.5 Å². The van der Waals surface area contributed by atoms with E-state index in [4.69, 9.17) is 0 Å². The summed E-state index contributed by atoms with van der Waals surface area (Å²) in [5, 5.41) is 3.38. The zero-order valence-corrected chi connectivity index (χ0v) is 12.1. The van der Waals surface area contributed by atoms with Crippen LogP contribution in [0.4, 0.5) is 4.39 Å². The summed E-state index contributed by atoms with van der Waals surface area (Å²) in [6.07, 6.45) is 5.02. The lowest BCUT2D eigenvalue weighted by Gasteiger charge is -2.07. The maximum atomic E-state index is 13.3. The average molecular weight is 291 g/mol. The monoisotopic (exact) mass is 291 g/mol. The van der Waals surface area contributed by atoms with Crippen LogP contribution in [0.2, 0.25) is 0 Å². The van der Waals surface area contributed by atoms with E-state index in [0.29, 0.717) is 16.6 Å². The number of carbonyl (C=O) groups excluding carboxylic acids is 1. The van der Waals surface area contributed by atoms with Crippen molar-refractivity contribution in [3.05, 3.63) is 35.6 Å². The molecule has 0 unspecified atom stereocenters. The Kier molecular flexibility index (Phi) is 5.94. The summed E-state index contributed by atoms with van der Waals surface area (Å²) in [7, 11) is 0. The molecule has 2 rings (SSSR count). The molecule has 1 aliphatic carbocycles. The molecule has 106 valence electrons. The first-order valence-corrected chi connectivity index (χ1v) is 7.92. The highest BCUT2D eigenvalue weighted by atomic mass is 32.2. The van der Waals surface area contributed by atoms with Gasteiger partial charge in [0.05, 0.1) is 17.9 Å². The van der Waals surface area contributed by atoms with E-state index in [0.717, 1.165) is 0 Å². The summed E-state index contributed by atoms with van der Waals surface area (Å²) >= 11 is 1.73. The van der Waals surface area contributed by atoms with Crippen molar-refractivity contribution in [1.82, 2.24) is 5.32 Å². The van der Waals surface area contributed by atoms with E-state index in [2.05, 4.69) is 17.2 Å². The molecular weight excluding hydrogens is 273 g/mol. The number of hydrogen-bond donors (Lipinski definition) is 1. The van der Waals surface area contributed by atoms with Gasteiger partial charge in [0.2, 0.25) is 5.91 Å². The second kappa shape index (κ2) is 7.96. The SMILES string of the molecule is O=C(CSC1CCCC1)NCC#Cc1ccccc1F. The van der Waals surface area contributed by atoms with Crippen LogP contribution in [0, 0.1) is 17.7 Å². The van der Waals surface area contributed by atoms with Gasteiger partial charge in [-0.05, 0) is 25.0 Å². The molecule has 0 radical (unpaired) electrons. The molecule has 0 bridgehead atoms. The third-order valence-corrected chi connectivity index (χ3v) is 4.59. The molecule has 0 heterocycles. The minimum absolute atomic E-state index is 0.00438. The largest absolute Gasteiger partial charge is 0.344 e. The fraction of sp³-hybridized carbons (Fsp3) is 0.438. The quantitative estimate of drug-likeness (QED) is 0.864. The first kappa shape index (κ1) is 14.9. The highest BCUT2D eigenvalue weighted by molar-refractivity contribution is 8.00. The second-order valence-electron chi connectivity index (χ2n) is 4.78. The van der Waals surface area contributed by atoms with Crippen molar-refractivity contribution < 1.29 is 9.18 Å². The molecule has 1 aromatic rings. The van der Waals surface area contributed by atoms with Crippen molar-refractivity contribution in [2.45, 2.75) is 30.9 Å². The zero-order valence-electron chi connectivity index (χ0n) is 11.3. The van der Waals surface area contributed by atoms with Crippen molar-refractivity contribution in [3.8, 4) is 11.8 Å². The summed E-state index contributed by atoms with van der Waals surface area (Å²) < 4.78 is 13.3. The number of rotatable bonds is 4. The summed E-state index contributed by atoms with van der Waals surface area (Å²) in [5.41, 5.74) is 0.363. The predicted octanol–water partition coefficient (Wildman–Crippen LogP) is 2.97. The molecule has 1 fully saturated rings. The van der Waals surface area contributed by atoms with Crippen LogP contribution in [0.15, 0.2) is 24.3 Å². The van der Waals surface area contributed by atoms with E-state index in [1.807, 2.05) is 0 Å². The van der Waals surface area contributed by atoms with Crippen LogP contribution < -0.4 is 5.32 Å². The maximum absolute atomic E-state index is 13.3. The number of carbonyl (C=O) groups is 1. The first-order chi connectivity index (χ1) is 9.75. The lowest BCUT2D eigenvalue weighted by molar-refractivity contribution is -0.118. The number of thioether (sulfide) groups is 1. The summed E-state index contributed by atoms with van der Waals surface area (Å²) in [6.45, 7) is 0.262. The smallest absolute Gasteiger partial charge is 0.230 e. The number of amides is 1. The molecular formula is C16H18FNOS. The van der Waals surface area contributed by atoms with Crippen LogP contribution in [0.3, 0.4) is 0 Å². The highest BCUT2D eigenvalue weighted by Gasteiger charge is 2.16. The molecule has 1 aromatic carbocycles. The lowest BCUT2D eigenvalue weighted by atomic mass is 10.2. The van der Waals surface area contributed by atoms with Crippen molar-refractivity contribution in [2.24, 2.45) is 0 Å². The van der Waals surface area contributed by atoms with Gasteiger partial charge in [0.1, 0.15) is 5.82 Å². The van der Waals surface area contributed by atoms with E-state index in [1.54, 1.807) is 30.0 Å². The van der Waals surface area contributed by atoms with E-state index in [1.165, 1.54) is 31.7 Å². The Bertz CT molecular complexity index is 515. The highest BCUT2D eigenvalue weighted by Crippen LogP contribution is 2.28. The van der Waals surface area contributed by atoms with Crippen LogP contribution in [0.25, 0.3) is 0 Å². The van der Waals surface area contributed by atoms with Crippen LogP contribution in [0.5, 0.6) is 0 Å². The van der Waals surface area contributed by atoms with Gasteiger partial charge in [-0.1, -0.05) is 36.8 Å². The van der Waals surface area contributed by atoms with E-state index >= 15 is 0 Å². The van der Waals surface area contributed by atoms with Crippen molar-refractivity contribution in [2.75, 3.05) is 12.3 Å². The number of nitrogens with one attached hydrogen (secondary N) is 1. The Labute approximate surface area is 123 Å². The Morgan fingerprint density at radius 3 is 2.85 bits per heavy atom. The molecule has 0 aliphatic heterocycles. The minimum Gasteiger partial charge on any atom is -0.344 e. The van der Waals surface area contributed by atoms with Gasteiger partial charge in [-0.3, -0.25) is 4.79 Å². The number of halogens is 1. The van der Waals surface area contributed by atoms with Gasteiger partial charge in [0.15, 0.2) is 0 Å². The fourth-order valence-corrected chi connectivity index (χ4v) is 3.30. The fourth-order valence-electron chi connectivity index (χ4n) is 2.14. The predicted molar refractivity (Wildman–Crippen MR) is 81.0 cm³/mol. The van der Waals surface area contributed by atoms with Gasteiger partial charge < -0.3 is 5.32 Å².